The van der Waals surface area contributed by atoms with Crippen LogP contribution in [-0.2, 0) is 14.8 Å². The van der Waals surface area contributed by atoms with Crippen molar-refractivity contribution in [1.82, 2.24) is 9.62 Å². The number of carbonyl (C=O) groups is 1. The summed E-state index contributed by atoms with van der Waals surface area (Å²) in [5.41, 5.74) is 4.51. The predicted octanol–water partition coefficient (Wildman–Crippen LogP) is 4.04. The molecule has 0 aliphatic carbocycles. The lowest BCUT2D eigenvalue weighted by Gasteiger charge is -2.32. The van der Waals surface area contributed by atoms with E-state index in [2.05, 4.69) is 24.4 Å². The van der Waals surface area contributed by atoms with Crippen molar-refractivity contribution in [2.75, 3.05) is 20.2 Å². The SMILES string of the molecule is COc1ccc(F)cc1S(=O)(=O)N1CCC[C@@H](C(=O)N[C@H](C)c2cc(C)c(C)cc2C)C1. The van der Waals surface area contributed by atoms with E-state index >= 15 is 0 Å². The van der Waals surface area contributed by atoms with E-state index in [9.17, 15) is 17.6 Å². The van der Waals surface area contributed by atoms with Gasteiger partial charge in [-0.3, -0.25) is 4.79 Å². The number of aryl methyl sites for hydroxylation is 3. The monoisotopic (exact) mass is 462 g/mol. The number of methoxy groups -OCH3 is 1. The van der Waals surface area contributed by atoms with Gasteiger partial charge in [0, 0.05) is 13.1 Å². The molecule has 0 radical (unpaired) electrons. The average Bonchev–Trinajstić information content (AvgIpc) is 2.76. The van der Waals surface area contributed by atoms with Crippen molar-refractivity contribution in [3.63, 3.8) is 0 Å². The molecule has 1 saturated heterocycles. The van der Waals surface area contributed by atoms with Gasteiger partial charge in [0.2, 0.25) is 15.9 Å². The van der Waals surface area contributed by atoms with Crippen molar-refractivity contribution in [2.24, 2.45) is 5.92 Å². The van der Waals surface area contributed by atoms with E-state index in [0.717, 1.165) is 28.8 Å². The molecule has 2 aromatic carbocycles. The third kappa shape index (κ3) is 4.96. The molecule has 2 aromatic rings. The molecule has 1 aliphatic heterocycles. The van der Waals surface area contributed by atoms with Gasteiger partial charge >= 0.3 is 0 Å². The summed E-state index contributed by atoms with van der Waals surface area (Å²) >= 11 is 0. The van der Waals surface area contributed by atoms with Gasteiger partial charge in [0.25, 0.3) is 0 Å². The van der Waals surface area contributed by atoms with Gasteiger partial charge in [-0.25, -0.2) is 12.8 Å². The molecule has 1 amide bonds. The van der Waals surface area contributed by atoms with Gasteiger partial charge in [-0.05, 0) is 81.0 Å². The summed E-state index contributed by atoms with van der Waals surface area (Å²) in [6.45, 7) is 8.37. The highest BCUT2D eigenvalue weighted by molar-refractivity contribution is 7.89. The van der Waals surface area contributed by atoms with Crippen LogP contribution in [-0.4, -0.2) is 38.8 Å². The van der Waals surface area contributed by atoms with Crippen LogP contribution < -0.4 is 10.1 Å². The van der Waals surface area contributed by atoms with Crippen molar-refractivity contribution in [3.8, 4) is 5.75 Å². The fourth-order valence-corrected chi connectivity index (χ4v) is 5.92. The molecule has 174 valence electrons. The Balaban J connectivity index is 1.76. The molecule has 0 unspecified atom stereocenters. The molecular weight excluding hydrogens is 431 g/mol. The minimum Gasteiger partial charge on any atom is -0.495 e. The number of nitrogens with zero attached hydrogens (tertiary/aromatic N) is 1. The number of sulfonamides is 1. The van der Waals surface area contributed by atoms with E-state index in [4.69, 9.17) is 4.74 Å². The first-order valence-electron chi connectivity index (χ1n) is 10.8. The lowest BCUT2D eigenvalue weighted by atomic mass is 9.95. The van der Waals surface area contributed by atoms with Crippen molar-refractivity contribution in [1.29, 1.82) is 0 Å². The fourth-order valence-electron chi connectivity index (χ4n) is 4.22. The Morgan fingerprint density at radius 3 is 2.53 bits per heavy atom. The zero-order valence-electron chi connectivity index (χ0n) is 19.2. The lowest BCUT2D eigenvalue weighted by molar-refractivity contribution is -0.126. The van der Waals surface area contributed by atoms with Crippen LogP contribution in [0, 0.1) is 32.5 Å². The molecule has 0 saturated carbocycles. The highest BCUT2D eigenvalue weighted by Gasteiger charge is 2.35. The van der Waals surface area contributed by atoms with Gasteiger partial charge < -0.3 is 10.1 Å². The summed E-state index contributed by atoms with van der Waals surface area (Å²) in [7, 11) is -2.66. The van der Waals surface area contributed by atoms with Gasteiger partial charge in [0.15, 0.2) is 0 Å². The quantitative estimate of drug-likeness (QED) is 0.703. The topological polar surface area (TPSA) is 75.7 Å². The molecule has 1 aliphatic rings. The fraction of sp³-hybridized carbons (Fsp3) is 0.458. The number of nitrogens with one attached hydrogen (secondary N) is 1. The second kappa shape index (κ2) is 9.58. The smallest absolute Gasteiger partial charge is 0.246 e. The van der Waals surface area contributed by atoms with Crippen molar-refractivity contribution >= 4 is 15.9 Å². The maximum absolute atomic E-state index is 13.8. The number of ether oxygens (including phenoxy) is 1. The largest absolute Gasteiger partial charge is 0.495 e. The number of amides is 1. The molecule has 0 spiro atoms. The lowest BCUT2D eigenvalue weighted by Crippen LogP contribution is -2.45. The molecular formula is C24H31FN2O4S. The van der Waals surface area contributed by atoms with Crippen LogP contribution >= 0.6 is 0 Å². The normalized spacial score (nSPS) is 18.2. The Bertz CT molecular complexity index is 1120. The number of carbonyl (C=O) groups excluding carboxylic acids is 1. The number of benzene rings is 2. The Labute approximate surface area is 189 Å². The van der Waals surface area contributed by atoms with Crippen LogP contribution in [0.1, 0.15) is 48.1 Å². The Kier molecular flexibility index (Phi) is 7.25. The highest BCUT2D eigenvalue weighted by Crippen LogP contribution is 2.31. The van der Waals surface area contributed by atoms with E-state index in [1.54, 1.807) is 0 Å². The first-order chi connectivity index (χ1) is 15.0. The average molecular weight is 463 g/mol. The van der Waals surface area contributed by atoms with E-state index in [1.807, 2.05) is 20.8 Å². The molecule has 0 bridgehead atoms. The van der Waals surface area contributed by atoms with Crippen LogP contribution in [0.5, 0.6) is 5.75 Å². The standard InChI is InChI=1S/C24H31FN2O4S/c1-15-11-17(3)21(12-16(15)2)18(4)26-24(28)19-7-6-10-27(14-19)32(29,30)23-13-20(25)8-9-22(23)31-5/h8-9,11-13,18-19H,6-7,10,14H2,1-5H3,(H,26,28)/t18-,19-/m1/s1. The zero-order valence-corrected chi connectivity index (χ0v) is 20.1. The number of rotatable bonds is 6. The van der Waals surface area contributed by atoms with Crippen LogP contribution in [0.3, 0.4) is 0 Å². The van der Waals surface area contributed by atoms with Crippen molar-refractivity contribution < 1.29 is 22.3 Å². The Morgan fingerprint density at radius 2 is 1.84 bits per heavy atom. The van der Waals surface area contributed by atoms with Crippen LogP contribution in [0.15, 0.2) is 35.2 Å². The second-order valence-corrected chi connectivity index (χ2v) is 10.4. The Morgan fingerprint density at radius 1 is 1.16 bits per heavy atom. The van der Waals surface area contributed by atoms with E-state index < -0.39 is 21.8 Å². The molecule has 1 heterocycles. The molecule has 32 heavy (non-hydrogen) atoms. The van der Waals surface area contributed by atoms with Crippen LogP contribution in [0.25, 0.3) is 0 Å². The van der Waals surface area contributed by atoms with Gasteiger partial charge in [-0.1, -0.05) is 12.1 Å². The predicted molar refractivity (Wildman–Crippen MR) is 122 cm³/mol. The maximum Gasteiger partial charge on any atom is 0.246 e. The Hall–Kier alpha value is -2.45. The third-order valence-corrected chi connectivity index (χ3v) is 8.09. The third-order valence-electron chi connectivity index (χ3n) is 6.21. The molecule has 0 aromatic heterocycles. The van der Waals surface area contributed by atoms with Crippen LogP contribution in [0.2, 0.25) is 0 Å². The molecule has 1 N–H and O–H groups in total. The first kappa shape index (κ1) is 24.2. The summed E-state index contributed by atoms with van der Waals surface area (Å²) in [4.78, 5) is 12.8. The van der Waals surface area contributed by atoms with Gasteiger partial charge in [0.05, 0.1) is 19.1 Å². The van der Waals surface area contributed by atoms with E-state index in [-0.39, 0.29) is 35.7 Å². The highest BCUT2D eigenvalue weighted by atomic mass is 32.2. The van der Waals surface area contributed by atoms with Gasteiger partial charge in [-0.2, -0.15) is 4.31 Å². The first-order valence-corrected chi connectivity index (χ1v) is 12.2. The number of hydrogen-bond donors (Lipinski definition) is 1. The van der Waals surface area contributed by atoms with Crippen molar-refractivity contribution in [3.05, 3.63) is 58.4 Å². The van der Waals surface area contributed by atoms with Gasteiger partial charge in [-0.15, -0.1) is 0 Å². The summed E-state index contributed by atoms with van der Waals surface area (Å²) in [5.74, 6) is -1.24. The molecule has 8 heteroatoms. The summed E-state index contributed by atoms with van der Waals surface area (Å²) < 4.78 is 46.5. The van der Waals surface area contributed by atoms with Gasteiger partial charge in [0.1, 0.15) is 16.5 Å². The number of piperidine rings is 1. The number of halogens is 1. The maximum atomic E-state index is 13.8. The summed E-state index contributed by atoms with van der Waals surface area (Å²) in [5, 5.41) is 3.05. The molecule has 3 rings (SSSR count). The van der Waals surface area contributed by atoms with Crippen molar-refractivity contribution in [2.45, 2.75) is 51.5 Å². The van der Waals surface area contributed by atoms with E-state index in [1.165, 1.54) is 23.0 Å². The minimum absolute atomic E-state index is 0.0481. The molecule has 2 atom stereocenters. The zero-order chi connectivity index (χ0) is 23.6. The van der Waals surface area contributed by atoms with Crippen LogP contribution in [0.4, 0.5) is 4.39 Å². The minimum atomic E-state index is -4.00. The number of hydrogen-bond acceptors (Lipinski definition) is 4. The summed E-state index contributed by atoms with van der Waals surface area (Å²) in [6, 6.07) is 7.40. The molecule has 1 fully saturated rings. The van der Waals surface area contributed by atoms with E-state index in [0.29, 0.717) is 12.8 Å². The molecule has 6 nitrogen and oxygen atoms in total. The summed E-state index contributed by atoms with van der Waals surface area (Å²) in [6.07, 6.45) is 1.14. The second-order valence-electron chi connectivity index (χ2n) is 8.52.